The minimum Gasteiger partial charge on any atom is -0.454 e. The Labute approximate surface area is 140 Å². The number of sulfone groups is 1. The average molecular weight is 347 g/mol. The number of rotatable bonds is 4. The fraction of sp³-hybridized carbons (Fsp3) is 0.235. The number of hydrogen-bond donors (Lipinski definition) is 1. The summed E-state index contributed by atoms with van der Waals surface area (Å²) in [6.45, 7) is 1.99. The highest BCUT2D eigenvalue weighted by Crippen LogP contribution is 2.32. The van der Waals surface area contributed by atoms with Gasteiger partial charge in [-0.1, -0.05) is 12.1 Å². The summed E-state index contributed by atoms with van der Waals surface area (Å²) in [5.74, 6) is 0.928. The second-order valence-electron chi connectivity index (χ2n) is 5.60. The minimum atomic E-state index is -3.23. The average Bonchev–Trinajstić information content (AvgIpc) is 3.01. The molecule has 0 spiro atoms. The van der Waals surface area contributed by atoms with Crippen molar-refractivity contribution in [2.75, 3.05) is 13.0 Å². The summed E-state index contributed by atoms with van der Waals surface area (Å²) < 4.78 is 33.4. The Balaban J connectivity index is 1.72. The van der Waals surface area contributed by atoms with Crippen LogP contribution >= 0.6 is 0 Å². The molecule has 2 aromatic rings. The summed E-state index contributed by atoms with van der Waals surface area (Å²) >= 11 is 0. The molecule has 1 heterocycles. The first-order valence-corrected chi connectivity index (χ1v) is 9.24. The fourth-order valence-corrected chi connectivity index (χ4v) is 3.04. The van der Waals surface area contributed by atoms with Crippen LogP contribution in [-0.4, -0.2) is 27.4 Å². The second-order valence-corrected chi connectivity index (χ2v) is 7.62. The molecule has 0 aromatic heterocycles. The lowest BCUT2D eigenvalue weighted by molar-refractivity contribution is 0.0939. The normalized spacial score (nSPS) is 14.2. The quantitative estimate of drug-likeness (QED) is 0.918. The minimum absolute atomic E-state index is 0.156. The topological polar surface area (TPSA) is 81.7 Å². The zero-order valence-electron chi connectivity index (χ0n) is 13.3. The van der Waals surface area contributed by atoms with Crippen LogP contribution in [0, 0.1) is 0 Å². The van der Waals surface area contributed by atoms with Crippen LogP contribution in [0.25, 0.3) is 0 Å². The predicted molar refractivity (Wildman–Crippen MR) is 88.0 cm³/mol. The Morgan fingerprint density at radius 2 is 1.75 bits per heavy atom. The molecular weight excluding hydrogens is 330 g/mol. The lowest BCUT2D eigenvalue weighted by atomic mass is 10.1. The largest absolute Gasteiger partial charge is 0.454 e. The van der Waals surface area contributed by atoms with Crippen molar-refractivity contribution in [3.8, 4) is 11.5 Å². The molecule has 1 aliphatic heterocycles. The van der Waals surface area contributed by atoms with Gasteiger partial charge in [-0.2, -0.15) is 0 Å². The summed E-state index contributed by atoms with van der Waals surface area (Å²) in [5.41, 5.74) is 1.29. The van der Waals surface area contributed by atoms with E-state index in [4.69, 9.17) is 9.47 Å². The summed E-state index contributed by atoms with van der Waals surface area (Å²) in [6.07, 6.45) is 1.16. The van der Waals surface area contributed by atoms with Crippen molar-refractivity contribution in [2.24, 2.45) is 0 Å². The number of hydrogen-bond acceptors (Lipinski definition) is 5. The van der Waals surface area contributed by atoms with E-state index in [-0.39, 0.29) is 23.6 Å². The molecule has 1 N–H and O–H groups in total. The van der Waals surface area contributed by atoms with Gasteiger partial charge in [-0.15, -0.1) is 0 Å². The number of ether oxygens (including phenoxy) is 2. The smallest absolute Gasteiger partial charge is 0.251 e. The molecule has 2 aromatic carbocycles. The summed E-state index contributed by atoms with van der Waals surface area (Å²) in [5, 5.41) is 2.88. The molecule has 0 bridgehead atoms. The van der Waals surface area contributed by atoms with Crippen LogP contribution in [0.4, 0.5) is 0 Å². The van der Waals surface area contributed by atoms with Gasteiger partial charge < -0.3 is 14.8 Å². The van der Waals surface area contributed by atoms with E-state index in [1.165, 1.54) is 12.1 Å². The molecule has 0 unspecified atom stereocenters. The van der Waals surface area contributed by atoms with E-state index >= 15 is 0 Å². The van der Waals surface area contributed by atoms with Gasteiger partial charge in [-0.25, -0.2) is 8.42 Å². The third-order valence-corrected chi connectivity index (χ3v) is 4.92. The maximum Gasteiger partial charge on any atom is 0.251 e. The van der Waals surface area contributed by atoms with Crippen LogP contribution in [0.3, 0.4) is 0 Å². The summed E-state index contributed by atoms with van der Waals surface area (Å²) in [6, 6.07) is 11.2. The number of benzene rings is 2. The number of fused-ring (bicyclic) bond motifs is 1. The Bertz CT molecular complexity index is 874. The first kappa shape index (κ1) is 16.3. The highest BCUT2D eigenvalue weighted by atomic mass is 32.2. The Hall–Kier alpha value is -2.54. The van der Waals surface area contributed by atoms with E-state index in [9.17, 15) is 13.2 Å². The molecule has 1 amide bonds. The van der Waals surface area contributed by atoms with Crippen molar-refractivity contribution in [3.05, 3.63) is 53.6 Å². The van der Waals surface area contributed by atoms with Crippen LogP contribution in [0.1, 0.15) is 28.9 Å². The molecule has 0 aliphatic carbocycles. The first-order valence-electron chi connectivity index (χ1n) is 7.35. The Morgan fingerprint density at radius 1 is 1.08 bits per heavy atom. The van der Waals surface area contributed by atoms with E-state index in [0.717, 1.165) is 11.8 Å². The van der Waals surface area contributed by atoms with Crippen molar-refractivity contribution in [3.63, 3.8) is 0 Å². The molecular formula is C17H17NO5S. The van der Waals surface area contributed by atoms with E-state index in [1.807, 2.05) is 6.92 Å². The van der Waals surface area contributed by atoms with Gasteiger partial charge in [0.25, 0.3) is 5.91 Å². The Kier molecular flexibility index (Phi) is 4.19. The molecule has 1 aliphatic rings. The standard InChI is InChI=1S/C17H17NO5S/c1-11(12-3-6-14(7-4-12)24(2,20)21)18-17(19)13-5-8-15-16(9-13)23-10-22-15/h3-9,11H,10H2,1-2H3,(H,18,19)/t11-/m1/s1. The predicted octanol–water partition coefficient (Wildman–Crippen LogP) is 2.31. The van der Waals surface area contributed by atoms with E-state index in [1.54, 1.807) is 30.3 Å². The van der Waals surface area contributed by atoms with Crippen molar-refractivity contribution < 1.29 is 22.7 Å². The van der Waals surface area contributed by atoms with E-state index in [0.29, 0.717) is 17.1 Å². The van der Waals surface area contributed by atoms with Gasteiger partial charge in [-0.05, 0) is 42.8 Å². The maximum absolute atomic E-state index is 12.4. The molecule has 0 saturated carbocycles. The molecule has 3 rings (SSSR count). The van der Waals surface area contributed by atoms with Crippen molar-refractivity contribution in [2.45, 2.75) is 17.9 Å². The summed E-state index contributed by atoms with van der Waals surface area (Å²) in [7, 11) is -3.23. The molecule has 0 radical (unpaired) electrons. The zero-order chi connectivity index (χ0) is 17.3. The van der Waals surface area contributed by atoms with Crippen LogP contribution in [0.2, 0.25) is 0 Å². The highest BCUT2D eigenvalue weighted by molar-refractivity contribution is 7.90. The zero-order valence-corrected chi connectivity index (χ0v) is 14.1. The summed E-state index contributed by atoms with van der Waals surface area (Å²) in [4.78, 5) is 12.6. The van der Waals surface area contributed by atoms with Gasteiger partial charge in [-0.3, -0.25) is 4.79 Å². The Morgan fingerprint density at radius 3 is 2.42 bits per heavy atom. The number of nitrogens with one attached hydrogen (secondary N) is 1. The van der Waals surface area contributed by atoms with Crippen LogP contribution in [-0.2, 0) is 9.84 Å². The molecule has 1 atom stereocenters. The SMILES string of the molecule is C[C@@H](NC(=O)c1ccc2c(c1)OCO2)c1ccc(S(C)(=O)=O)cc1. The number of carbonyl (C=O) groups excluding carboxylic acids is 1. The van der Waals surface area contributed by atoms with Gasteiger partial charge >= 0.3 is 0 Å². The van der Waals surface area contributed by atoms with Crippen molar-refractivity contribution >= 4 is 15.7 Å². The lowest BCUT2D eigenvalue weighted by Crippen LogP contribution is -2.26. The fourth-order valence-electron chi connectivity index (χ4n) is 2.40. The van der Waals surface area contributed by atoms with E-state index < -0.39 is 9.84 Å². The monoisotopic (exact) mass is 347 g/mol. The van der Waals surface area contributed by atoms with Gasteiger partial charge in [0.15, 0.2) is 21.3 Å². The van der Waals surface area contributed by atoms with Gasteiger partial charge in [0.1, 0.15) is 0 Å². The lowest BCUT2D eigenvalue weighted by Gasteiger charge is -2.15. The molecule has 24 heavy (non-hydrogen) atoms. The van der Waals surface area contributed by atoms with Crippen molar-refractivity contribution in [1.82, 2.24) is 5.32 Å². The third kappa shape index (κ3) is 3.35. The first-order chi connectivity index (χ1) is 11.3. The third-order valence-electron chi connectivity index (χ3n) is 3.79. The number of amides is 1. The number of carbonyl (C=O) groups is 1. The van der Waals surface area contributed by atoms with Crippen LogP contribution in [0.15, 0.2) is 47.4 Å². The highest BCUT2D eigenvalue weighted by Gasteiger charge is 2.18. The van der Waals surface area contributed by atoms with Gasteiger partial charge in [0.2, 0.25) is 6.79 Å². The van der Waals surface area contributed by atoms with Gasteiger partial charge in [0.05, 0.1) is 10.9 Å². The van der Waals surface area contributed by atoms with Crippen LogP contribution < -0.4 is 14.8 Å². The molecule has 6 nitrogen and oxygen atoms in total. The van der Waals surface area contributed by atoms with E-state index in [2.05, 4.69) is 5.32 Å². The second kappa shape index (κ2) is 6.16. The molecule has 7 heteroatoms. The molecule has 0 saturated heterocycles. The van der Waals surface area contributed by atoms with Crippen molar-refractivity contribution in [1.29, 1.82) is 0 Å². The molecule has 126 valence electrons. The van der Waals surface area contributed by atoms with Crippen LogP contribution in [0.5, 0.6) is 11.5 Å². The maximum atomic E-state index is 12.4. The van der Waals surface area contributed by atoms with Gasteiger partial charge in [0, 0.05) is 11.8 Å². The molecule has 0 fully saturated rings.